The zero-order valence-electron chi connectivity index (χ0n) is 5.84. The van der Waals surface area contributed by atoms with E-state index >= 15 is 0 Å². The molecule has 1 heterocycles. The second-order valence-electron chi connectivity index (χ2n) is 2.36. The number of fused-ring (bicyclic) bond motifs is 1. The number of thiophene rings is 1. The van der Waals surface area contributed by atoms with Gasteiger partial charge in [0, 0.05) is 28.4 Å². The molecule has 0 N–H and O–H groups in total. The maximum Gasteiger partial charge on any atom is 0.0370 e. The maximum atomic E-state index is 4.40. The Labute approximate surface area is 102 Å². The van der Waals surface area contributed by atoms with Crippen molar-refractivity contribution in [2.24, 2.45) is 0 Å². The summed E-state index contributed by atoms with van der Waals surface area (Å²) in [6, 6.07) is 4.19. The zero-order chi connectivity index (χ0) is 8.72. The van der Waals surface area contributed by atoms with E-state index in [9.17, 15) is 0 Å². The molecule has 4 heteroatoms. The van der Waals surface area contributed by atoms with Gasteiger partial charge in [-0.2, -0.15) is 0 Å². The van der Waals surface area contributed by atoms with Crippen molar-refractivity contribution in [3.63, 3.8) is 0 Å². The first-order chi connectivity index (χ1) is 5.70. The Morgan fingerprint density at radius 1 is 1.42 bits per heavy atom. The van der Waals surface area contributed by atoms with Crippen LogP contribution in [0.3, 0.4) is 0 Å². The highest BCUT2D eigenvalue weighted by Gasteiger charge is 2.06. The molecule has 0 aliphatic heterocycles. The van der Waals surface area contributed by atoms with Gasteiger partial charge in [-0.25, -0.2) is 0 Å². The molecule has 0 aliphatic rings. The first-order valence-electron chi connectivity index (χ1n) is 3.24. The minimum atomic E-state index is 1.07. The molecule has 0 saturated heterocycles. The summed E-state index contributed by atoms with van der Waals surface area (Å²) in [6.07, 6.45) is 0. The zero-order valence-corrected chi connectivity index (χ0v) is 11.3. The fourth-order valence-corrected chi connectivity index (χ4v) is 3.83. The van der Waals surface area contributed by atoms with Crippen LogP contribution in [-0.4, -0.2) is 0 Å². The summed E-state index contributed by atoms with van der Waals surface area (Å²) >= 11 is 12.0. The van der Waals surface area contributed by atoms with Crippen molar-refractivity contribution >= 4 is 72.6 Å². The molecule has 0 bridgehead atoms. The van der Waals surface area contributed by atoms with Crippen LogP contribution in [0.1, 0.15) is 0 Å². The Morgan fingerprint density at radius 3 is 2.92 bits per heavy atom. The molecule has 0 atom stereocenters. The molecule has 0 amide bonds. The summed E-state index contributed by atoms with van der Waals surface area (Å²) < 4.78 is 3.69. The SMILES string of the molecule is Sc1csc2ccc(Br)c(I)c12. The lowest BCUT2D eigenvalue weighted by atomic mass is 10.3. The number of halogens is 2. The van der Waals surface area contributed by atoms with Crippen LogP contribution in [-0.2, 0) is 0 Å². The fourth-order valence-electron chi connectivity index (χ4n) is 1.05. The van der Waals surface area contributed by atoms with Crippen LogP contribution < -0.4 is 0 Å². The van der Waals surface area contributed by atoms with Gasteiger partial charge in [0.1, 0.15) is 0 Å². The second-order valence-corrected chi connectivity index (χ2v) is 5.68. The Hall–Kier alpha value is 0.740. The van der Waals surface area contributed by atoms with Gasteiger partial charge >= 0.3 is 0 Å². The monoisotopic (exact) mass is 370 g/mol. The molecule has 0 unspecified atom stereocenters. The number of benzene rings is 1. The molecule has 2 rings (SSSR count). The van der Waals surface area contributed by atoms with Crippen LogP contribution in [0.2, 0.25) is 0 Å². The quantitative estimate of drug-likeness (QED) is 0.510. The Kier molecular flexibility index (Phi) is 2.69. The van der Waals surface area contributed by atoms with E-state index in [0.717, 1.165) is 9.37 Å². The highest BCUT2D eigenvalue weighted by Crippen LogP contribution is 2.35. The summed E-state index contributed by atoms with van der Waals surface area (Å²) in [5, 5.41) is 3.33. The van der Waals surface area contributed by atoms with Crippen molar-refractivity contribution in [2.45, 2.75) is 4.90 Å². The first-order valence-corrected chi connectivity index (χ1v) is 6.44. The van der Waals surface area contributed by atoms with Gasteiger partial charge in [-0.3, -0.25) is 0 Å². The minimum absolute atomic E-state index is 1.07. The van der Waals surface area contributed by atoms with Crippen molar-refractivity contribution < 1.29 is 0 Å². The van der Waals surface area contributed by atoms with Gasteiger partial charge in [0.2, 0.25) is 0 Å². The van der Waals surface area contributed by atoms with Gasteiger partial charge < -0.3 is 0 Å². The number of thiol groups is 1. The lowest BCUT2D eigenvalue weighted by Gasteiger charge is -1.98. The average molecular weight is 371 g/mol. The molecule has 12 heavy (non-hydrogen) atoms. The van der Waals surface area contributed by atoms with E-state index in [1.807, 2.05) is 0 Å². The van der Waals surface area contributed by atoms with Crippen molar-refractivity contribution in [1.29, 1.82) is 0 Å². The molecule has 2 aromatic rings. The molecule has 0 fully saturated rings. The molecule has 62 valence electrons. The summed E-state index contributed by atoms with van der Waals surface area (Å²) in [5.74, 6) is 0. The lowest BCUT2D eigenvalue weighted by Crippen LogP contribution is -1.75. The third-order valence-electron chi connectivity index (χ3n) is 1.61. The van der Waals surface area contributed by atoms with Crippen LogP contribution >= 0.6 is 62.5 Å². The van der Waals surface area contributed by atoms with Crippen LogP contribution in [0.5, 0.6) is 0 Å². The van der Waals surface area contributed by atoms with Gasteiger partial charge in [0.15, 0.2) is 0 Å². The Morgan fingerprint density at radius 2 is 2.17 bits per heavy atom. The molecule has 1 aromatic carbocycles. The third-order valence-corrected chi connectivity index (χ3v) is 5.61. The van der Waals surface area contributed by atoms with Gasteiger partial charge in [-0.1, -0.05) is 0 Å². The second kappa shape index (κ2) is 3.48. The Balaban J connectivity index is 2.96. The van der Waals surface area contributed by atoms with E-state index in [4.69, 9.17) is 0 Å². The van der Waals surface area contributed by atoms with Crippen molar-refractivity contribution in [2.75, 3.05) is 0 Å². The standard InChI is InChI=1S/C8H4BrIS2/c9-4-1-2-6-7(8(4)10)5(11)3-12-6/h1-3,11H. The number of hydrogen-bond acceptors (Lipinski definition) is 2. The highest BCUT2D eigenvalue weighted by molar-refractivity contribution is 14.1. The van der Waals surface area contributed by atoms with Gasteiger partial charge in [0.05, 0.1) is 0 Å². The third kappa shape index (κ3) is 1.42. The first kappa shape index (κ1) is 9.30. The summed E-state index contributed by atoms with van der Waals surface area (Å²) in [4.78, 5) is 1.07. The molecule has 0 nitrogen and oxygen atoms in total. The largest absolute Gasteiger partial charge is 0.143 e. The molecular formula is C8H4BrIS2. The van der Waals surface area contributed by atoms with E-state index in [1.165, 1.54) is 13.7 Å². The highest BCUT2D eigenvalue weighted by atomic mass is 127. The van der Waals surface area contributed by atoms with Crippen LogP contribution in [0.25, 0.3) is 10.1 Å². The van der Waals surface area contributed by atoms with Crippen molar-refractivity contribution in [3.05, 3.63) is 25.6 Å². The molecular weight excluding hydrogens is 367 g/mol. The lowest BCUT2D eigenvalue weighted by molar-refractivity contribution is 1.61. The molecule has 0 radical (unpaired) electrons. The van der Waals surface area contributed by atoms with Crippen LogP contribution in [0.4, 0.5) is 0 Å². The maximum absolute atomic E-state index is 4.40. The van der Waals surface area contributed by atoms with E-state index in [-0.39, 0.29) is 0 Å². The number of hydrogen-bond donors (Lipinski definition) is 1. The summed E-state index contributed by atoms with van der Waals surface area (Å²) in [6.45, 7) is 0. The summed E-state index contributed by atoms with van der Waals surface area (Å²) in [5.41, 5.74) is 0. The molecule has 1 aromatic heterocycles. The molecule has 0 spiro atoms. The average Bonchev–Trinajstić information content (AvgIpc) is 2.41. The van der Waals surface area contributed by atoms with Crippen molar-refractivity contribution in [3.8, 4) is 0 Å². The summed E-state index contributed by atoms with van der Waals surface area (Å²) in [7, 11) is 0. The topological polar surface area (TPSA) is 0 Å². The van der Waals surface area contributed by atoms with Gasteiger partial charge in [-0.05, 0) is 50.7 Å². The van der Waals surface area contributed by atoms with Gasteiger partial charge in [0.25, 0.3) is 0 Å². The fraction of sp³-hybridized carbons (Fsp3) is 0. The predicted octanol–water partition coefficient (Wildman–Crippen LogP) is 4.56. The normalized spacial score (nSPS) is 10.9. The Bertz CT molecular complexity index is 436. The van der Waals surface area contributed by atoms with Crippen LogP contribution in [0, 0.1) is 3.57 Å². The van der Waals surface area contributed by atoms with E-state index < -0.39 is 0 Å². The van der Waals surface area contributed by atoms with Crippen molar-refractivity contribution in [1.82, 2.24) is 0 Å². The molecule has 0 aliphatic carbocycles. The molecule has 0 saturated carbocycles. The predicted molar refractivity (Wildman–Crippen MR) is 69.5 cm³/mol. The minimum Gasteiger partial charge on any atom is -0.143 e. The smallest absolute Gasteiger partial charge is 0.0370 e. The van der Waals surface area contributed by atoms with Gasteiger partial charge in [-0.15, -0.1) is 24.0 Å². The van der Waals surface area contributed by atoms with E-state index in [0.29, 0.717) is 0 Å². The number of rotatable bonds is 0. The van der Waals surface area contributed by atoms with E-state index in [1.54, 1.807) is 11.3 Å². The van der Waals surface area contributed by atoms with E-state index in [2.05, 4.69) is 68.7 Å². The van der Waals surface area contributed by atoms with Crippen LogP contribution in [0.15, 0.2) is 26.9 Å².